The number of nitrogens with one attached hydrogen (secondary N) is 1. The number of carbonyl (C=O) groups excluding carboxylic acids is 2. The molecule has 2 unspecified atom stereocenters. The summed E-state index contributed by atoms with van der Waals surface area (Å²) in [6.45, 7) is 2.71. The van der Waals surface area contributed by atoms with Crippen LogP contribution in [0.15, 0.2) is 11.6 Å². The molecule has 0 radical (unpaired) electrons. The second kappa shape index (κ2) is 9.19. The van der Waals surface area contributed by atoms with E-state index in [9.17, 15) is 9.59 Å². The molecule has 0 saturated carbocycles. The molecule has 0 spiro atoms. The standard InChI is InChI=1S/C12H18N4O2S.2ClH/c1-8(7-13)11(18)16-5-2-3-9(16)10(17)15-12-14-4-6-19-12;;/h4,6,8-9H,2-3,5,7,13H2,1H3,(H,14,15,17);2*1H. The van der Waals surface area contributed by atoms with Gasteiger partial charge in [0.25, 0.3) is 0 Å². The molecule has 0 bridgehead atoms. The Morgan fingerprint density at radius 2 is 2.29 bits per heavy atom. The average Bonchev–Trinajstić information content (AvgIpc) is 3.07. The van der Waals surface area contributed by atoms with Gasteiger partial charge < -0.3 is 16.0 Å². The van der Waals surface area contributed by atoms with Crippen LogP contribution >= 0.6 is 36.2 Å². The summed E-state index contributed by atoms with van der Waals surface area (Å²) in [5, 5.41) is 5.11. The lowest BCUT2D eigenvalue weighted by atomic mass is 10.1. The Kier molecular flexibility index (Phi) is 8.80. The molecule has 1 aromatic rings. The summed E-state index contributed by atoms with van der Waals surface area (Å²) in [6.07, 6.45) is 3.17. The van der Waals surface area contributed by atoms with Gasteiger partial charge in [-0.25, -0.2) is 4.98 Å². The molecule has 9 heteroatoms. The fraction of sp³-hybridized carbons (Fsp3) is 0.583. The number of nitrogens with two attached hydrogens (primary N) is 1. The molecule has 1 aliphatic heterocycles. The van der Waals surface area contributed by atoms with Crippen LogP contribution in [0.1, 0.15) is 19.8 Å². The van der Waals surface area contributed by atoms with Gasteiger partial charge in [0.15, 0.2) is 5.13 Å². The van der Waals surface area contributed by atoms with Crippen molar-refractivity contribution in [3.05, 3.63) is 11.6 Å². The molecule has 21 heavy (non-hydrogen) atoms. The lowest BCUT2D eigenvalue weighted by Gasteiger charge is -2.26. The van der Waals surface area contributed by atoms with E-state index in [0.717, 1.165) is 6.42 Å². The Morgan fingerprint density at radius 1 is 1.57 bits per heavy atom. The van der Waals surface area contributed by atoms with Crippen LogP contribution in [0.2, 0.25) is 0 Å². The van der Waals surface area contributed by atoms with Crippen molar-refractivity contribution >= 4 is 53.1 Å². The monoisotopic (exact) mass is 354 g/mol. The first-order valence-electron chi connectivity index (χ1n) is 6.34. The Morgan fingerprint density at radius 3 is 2.86 bits per heavy atom. The first-order chi connectivity index (χ1) is 9.13. The summed E-state index contributed by atoms with van der Waals surface area (Å²) < 4.78 is 0. The number of halogens is 2. The third kappa shape index (κ3) is 4.81. The van der Waals surface area contributed by atoms with Crippen molar-refractivity contribution in [3.8, 4) is 0 Å². The molecule has 0 aromatic carbocycles. The SMILES string of the molecule is CC(CN)C(=O)N1CCCC1C(=O)Nc1nccs1.Cl.Cl. The molecule has 2 rings (SSSR count). The topological polar surface area (TPSA) is 88.3 Å². The van der Waals surface area contributed by atoms with Crippen molar-refractivity contribution in [1.29, 1.82) is 0 Å². The normalized spacial score (nSPS) is 18.4. The molecule has 6 nitrogen and oxygen atoms in total. The van der Waals surface area contributed by atoms with Crippen LogP contribution in [0.25, 0.3) is 0 Å². The molecular weight excluding hydrogens is 335 g/mol. The molecular formula is C12H20Cl2N4O2S. The highest BCUT2D eigenvalue weighted by Gasteiger charge is 2.35. The predicted octanol–water partition coefficient (Wildman–Crippen LogP) is 1.51. The van der Waals surface area contributed by atoms with E-state index in [1.54, 1.807) is 23.4 Å². The minimum atomic E-state index is -0.398. The summed E-state index contributed by atoms with van der Waals surface area (Å²) in [5.41, 5.74) is 5.52. The molecule has 2 amide bonds. The number of hydrogen-bond donors (Lipinski definition) is 2. The van der Waals surface area contributed by atoms with Gasteiger partial charge in [-0.3, -0.25) is 9.59 Å². The van der Waals surface area contributed by atoms with Crippen molar-refractivity contribution in [3.63, 3.8) is 0 Å². The summed E-state index contributed by atoms with van der Waals surface area (Å²) in [6, 6.07) is -0.398. The van der Waals surface area contributed by atoms with Crippen LogP contribution in [0.5, 0.6) is 0 Å². The van der Waals surface area contributed by atoms with Gasteiger partial charge >= 0.3 is 0 Å². The summed E-state index contributed by atoms with van der Waals surface area (Å²) >= 11 is 1.36. The highest BCUT2D eigenvalue weighted by Crippen LogP contribution is 2.21. The highest BCUT2D eigenvalue weighted by atomic mass is 35.5. The lowest BCUT2D eigenvalue weighted by Crippen LogP contribution is -2.46. The number of anilines is 1. The van der Waals surface area contributed by atoms with E-state index in [2.05, 4.69) is 10.3 Å². The average molecular weight is 355 g/mol. The summed E-state index contributed by atoms with van der Waals surface area (Å²) in [5.74, 6) is -0.447. The Bertz CT molecular complexity index is 458. The smallest absolute Gasteiger partial charge is 0.248 e. The number of likely N-dealkylation sites (tertiary alicyclic amines) is 1. The van der Waals surface area contributed by atoms with Gasteiger partial charge in [-0.2, -0.15) is 0 Å². The maximum atomic E-state index is 12.2. The zero-order chi connectivity index (χ0) is 13.8. The van der Waals surface area contributed by atoms with Crippen LogP contribution in [0.4, 0.5) is 5.13 Å². The third-order valence-electron chi connectivity index (χ3n) is 3.28. The fourth-order valence-electron chi connectivity index (χ4n) is 2.16. The zero-order valence-corrected chi connectivity index (χ0v) is 14.1. The first kappa shape index (κ1) is 20.1. The van der Waals surface area contributed by atoms with E-state index in [4.69, 9.17) is 5.73 Å². The minimum absolute atomic E-state index is 0. The fourth-order valence-corrected chi connectivity index (χ4v) is 2.69. The summed E-state index contributed by atoms with van der Waals surface area (Å²) in [7, 11) is 0. The summed E-state index contributed by atoms with van der Waals surface area (Å²) in [4.78, 5) is 30.0. The van der Waals surface area contributed by atoms with Crippen molar-refractivity contribution in [1.82, 2.24) is 9.88 Å². The quantitative estimate of drug-likeness (QED) is 0.857. The first-order valence-corrected chi connectivity index (χ1v) is 7.22. The Balaban J connectivity index is 0.00000200. The van der Waals surface area contributed by atoms with Crippen LogP contribution in [0, 0.1) is 5.92 Å². The van der Waals surface area contributed by atoms with Gasteiger partial charge in [0.1, 0.15) is 6.04 Å². The van der Waals surface area contributed by atoms with Crippen LogP contribution in [-0.4, -0.2) is 40.8 Å². The van der Waals surface area contributed by atoms with Crippen molar-refractivity contribution in [2.24, 2.45) is 11.7 Å². The van der Waals surface area contributed by atoms with Crippen LogP contribution < -0.4 is 11.1 Å². The number of aromatic nitrogens is 1. The van der Waals surface area contributed by atoms with E-state index in [1.165, 1.54) is 11.3 Å². The maximum absolute atomic E-state index is 12.2. The van der Waals surface area contributed by atoms with Gasteiger partial charge in [-0.05, 0) is 12.8 Å². The molecule has 0 aliphatic carbocycles. The Labute approximate surface area is 140 Å². The molecule has 1 fully saturated rings. The number of nitrogens with zero attached hydrogens (tertiary/aromatic N) is 2. The van der Waals surface area contributed by atoms with E-state index in [0.29, 0.717) is 24.6 Å². The van der Waals surface area contributed by atoms with Crippen molar-refractivity contribution in [2.45, 2.75) is 25.8 Å². The maximum Gasteiger partial charge on any atom is 0.248 e. The zero-order valence-electron chi connectivity index (χ0n) is 11.7. The van der Waals surface area contributed by atoms with E-state index in [-0.39, 0.29) is 42.5 Å². The van der Waals surface area contributed by atoms with Crippen LogP contribution in [0.3, 0.4) is 0 Å². The van der Waals surface area contributed by atoms with E-state index in [1.807, 2.05) is 0 Å². The van der Waals surface area contributed by atoms with Crippen LogP contribution in [-0.2, 0) is 9.59 Å². The van der Waals surface area contributed by atoms with Gasteiger partial charge in [-0.1, -0.05) is 6.92 Å². The lowest BCUT2D eigenvalue weighted by molar-refractivity contribution is -0.139. The number of carbonyl (C=O) groups is 2. The minimum Gasteiger partial charge on any atom is -0.330 e. The number of thiazole rings is 1. The predicted molar refractivity (Wildman–Crippen MR) is 88.2 cm³/mol. The second-order valence-corrected chi connectivity index (χ2v) is 5.55. The second-order valence-electron chi connectivity index (χ2n) is 4.65. The molecule has 2 heterocycles. The molecule has 1 aromatic heterocycles. The van der Waals surface area contributed by atoms with Crippen molar-refractivity contribution < 1.29 is 9.59 Å². The number of amides is 2. The van der Waals surface area contributed by atoms with Crippen molar-refractivity contribution in [2.75, 3.05) is 18.4 Å². The molecule has 2 atom stereocenters. The molecule has 120 valence electrons. The number of rotatable bonds is 4. The molecule has 1 aliphatic rings. The Hall–Kier alpha value is -0.890. The van der Waals surface area contributed by atoms with Gasteiger partial charge in [-0.15, -0.1) is 36.2 Å². The van der Waals surface area contributed by atoms with Gasteiger partial charge in [0.05, 0.1) is 0 Å². The van der Waals surface area contributed by atoms with E-state index < -0.39 is 6.04 Å². The largest absolute Gasteiger partial charge is 0.330 e. The highest BCUT2D eigenvalue weighted by molar-refractivity contribution is 7.13. The van der Waals surface area contributed by atoms with Gasteiger partial charge in [0.2, 0.25) is 11.8 Å². The molecule has 1 saturated heterocycles. The molecule has 3 N–H and O–H groups in total. The van der Waals surface area contributed by atoms with E-state index >= 15 is 0 Å². The number of hydrogen-bond acceptors (Lipinski definition) is 5. The third-order valence-corrected chi connectivity index (χ3v) is 3.96. The van der Waals surface area contributed by atoms with Gasteiger partial charge in [0, 0.05) is 30.6 Å².